The number of aryl methyl sites for hydroxylation is 1. The van der Waals surface area contributed by atoms with E-state index in [1.165, 1.54) is 18.4 Å². The van der Waals surface area contributed by atoms with Crippen molar-refractivity contribution in [1.82, 2.24) is 20.0 Å². The van der Waals surface area contributed by atoms with E-state index >= 15 is 0 Å². The van der Waals surface area contributed by atoms with Crippen LogP contribution in [0.3, 0.4) is 0 Å². The summed E-state index contributed by atoms with van der Waals surface area (Å²) < 4.78 is 1.92. The molecular formula is C15H28N4O. The van der Waals surface area contributed by atoms with E-state index in [1.54, 1.807) is 0 Å². The second kappa shape index (κ2) is 7.76. The maximum absolute atomic E-state index is 10.1. The molecule has 5 nitrogen and oxygen atoms in total. The monoisotopic (exact) mass is 280 g/mol. The number of aliphatic hydroxyl groups is 1. The highest BCUT2D eigenvalue weighted by Crippen LogP contribution is 2.15. The van der Waals surface area contributed by atoms with E-state index in [0.29, 0.717) is 6.54 Å². The number of hydrogen-bond donors (Lipinski definition) is 2. The second-order valence-electron chi connectivity index (χ2n) is 5.97. The zero-order valence-corrected chi connectivity index (χ0v) is 12.8. The van der Waals surface area contributed by atoms with Crippen molar-refractivity contribution >= 4 is 0 Å². The molecule has 1 saturated heterocycles. The Hall–Kier alpha value is -0.910. The van der Waals surface area contributed by atoms with Gasteiger partial charge in [0.25, 0.3) is 0 Å². The minimum absolute atomic E-state index is 0.287. The molecule has 114 valence electrons. The van der Waals surface area contributed by atoms with Crippen LogP contribution >= 0.6 is 0 Å². The van der Waals surface area contributed by atoms with Gasteiger partial charge in [0.15, 0.2) is 0 Å². The average Bonchev–Trinajstić information content (AvgIpc) is 2.89. The Morgan fingerprint density at radius 2 is 2.20 bits per heavy atom. The molecule has 2 heterocycles. The molecule has 1 aromatic rings. The molecule has 0 spiro atoms. The first-order valence-electron chi connectivity index (χ1n) is 7.79. The van der Waals surface area contributed by atoms with E-state index in [2.05, 4.69) is 29.2 Å². The molecule has 0 saturated carbocycles. The van der Waals surface area contributed by atoms with Crippen molar-refractivity contribution in [3.05, 3.63) is 18.0 Å². The van der Waals surface area contributed by atoms with Crippen LogP contribution in [-0.4, -0.2) is 52.1 Å². The Morgan fingerprint density at radius 3 is 2.85 bits per heavy atom. The Bertz CT molecular complexity index is 385. The van der Waals surface area contributed by atoms with Crippen molar-refractivity contribution in [1.29, 1.82) is 0 Å². The fraction of sp³-hybridized carbons (Fsp3) is 0.800. The highest BCUT2D eigenvalue weighted by molar-refractivity contribution is 5.03. The van der Waals surface area contributed by atoms with E-state index in [4.69, 9.17) is 0 Å². The molecule has 0 aromatic carbocycles. The normalized spacial score (nSPS) is 19.4. The van der Waals surface area contributed by atoms with Gasteiger partial charge >= 0.3 is 0 Å². The minimum Gasteiger partial charge on any atom is -0.390 e. The lowest BCUT2D eigenvalue weighted by atomic mass is 9.99. The molecule has 1 unspecified atom stereocenters. The van der Waals surface area contributed by atoms with E-state index in [1.807, 2.05) is 17.1 Å². The van der Waals surface area contributed by atoms with Gasteiger partial charge in [-0.1, -0.05) is 6.92 Å². The predicted octanol–water partition coefficient (Wildman–Crippen LogP) is 1.09. The fourth-order valence-corrected chi connectivity index (χ4v) is 2.66. The quantitative estimate of drug-likeness (QED) is 0.785. The maximum Gasteiger partial charge on any atom is 0.0791 e. The molecule has 1 aromatic heterocycles. The van der Waals surface area contributed by atoms with Crippen molar-refractivity contribution in [3.8, 4) is 0 Å². The summed E-state index contributed by atoms with van der Waals surface area (Å²) >= 11 is 0. The van der Waals surface area contributed by atoms with Crippen LogP contribution in [0.25, 0.3) is 0 Å². The SMILES string of the molecule is CCn1cc(CNCC(O)CN2CCC(C)CC2)cn1. The number of aromatic nitrogens is 2. The number of aliphatic hydroxyl groups excluding tert-OH is 1. The maximum atomic E-state index is 10.1. The minimum atomic E-state index is -0.287. The molecule has 1 atom stereocenters. The summed E-state index contributed by atoms with van der Waals surface area (Å²) in [4.78, 5) is 2.38. The molecule has 0 radical (unpaired) electrons. The van der Waals surface area contributed by atoms with Gasteiger partial charge in [-0.2, -0.15) is 5.10 Å². The zero-order chi connectivity index (χ0) is 14.4. The third kappa shape index (κ3) is 4.89. The number of nitrogens with zero attached hydrogens (tertiary/aromatic N) is 3. The number of nitrogens with one attached hydrogen (secondary N) is 1. The van der Waals surface area contributed by atoms with Crippen LogP contribution in [0.5, 0.6) is 0 Å². The number of likely N-dealkylation sites (tertiary alicyclic amines) is 1. The number of hydrogen-bond acceptors (Lipinski definition) is 4. The summed E-state index contributed by atoms with van der Waals surface area (Å²) in [5.74, 6) is 0.844. The van der Waals surface area contributed by atoms with Crippen molar-refractivity contribution in [3.63, 3.8) is 0 Å². The summed E-state index contributed by atoms with van der Waals surface area (Å²) in [5.41, 5.74) is 1.17. The van der Waals surface area contributed by atoms with Crippen molar-refractivity contribution in [2.24, 2.45) is 5.92 Å². The Morgan fingerprint density at radius 1 is 1.45 bits per heavy atom. The molecule has 2 N–H and O–H groups in total. The molecule has 1 fully saturated rings. The smallest absolute Gasteiger partial charge is 0.0791 e. The first-order valence-corrected chi connectivity index (χ1v) is 7.79. The third-order valence-corrected chi connectivity index (χ3v) is 4.07. The highest BCUT2D eigenvalue weighted by Gasteiger charge is 2.17. The molecule has 1 aliphatic heterocycles. The predicted molar refractivity (Wildman–Crippen MR) is 80.5 cm³/mol. The highest BCUT2D eigenvalue weighted by atomic mass is 16.3. The van der Waals surface area contributed by atoms with Gasteiger partial charge in [-0.25, -0.2) is 0 Å². The van der Waals surface area contributed by atoms with Crippen molar-refractivity contribution in [2.45, 2.75) is 45.9 Å². The van der Waals surface area contributed by atoms with E-state index < -0.39 is 0 Å². The summed E-state index contributed by atoms with van der Waals surface area (Å²) in [6, 6.07) is 0. The van der Waals surface area contributed by atoms with Crippen LogP contribution < -0.4 is 5.32 Å². The van der Waals surface area contributed by atoms with Crippen LogP contribution in [-0.2, 0) is 13.1 Å². The molecule has 5 heteroatoms. The second-order valence-corrected chi connectivity index (χ2v) is 5.97. The molecule has 0 amide bonds. The van der Waals surface area contributed by atoms with Gasteiger partial charge in [0.1, 0.15) is 0 Å². The topological polar surface area (TPSA) is 53.3 Å². The number of piperidine rings is 1. The molecule has 2 rings (SSSR count). The number of β-amino-alcohol motifs (C(OH)–C–C–N with tert-alkyl or cyclic N) is 1. The molecule has 1 aliphatic rings. The molecular weight excluding hydrogens is 252 g/mol. The van der Waals surface area contributed by atoms with Crippen LogP contribution in [0.1, 0.15) is 32.3 Å². The van der Waals surface area contributed by atoms with Gasteiger partial charge < -0.3 is 15.3 Å². The average molecular weight is 280 g/mol. The van der Waals surface area contributed by atoms with E-state index in [0.717, 1.165) is 38.6 Å². The largest absolute Gasteiger partial charge is 0.390 e. The Labute approximate surface area is 122 Å². The van der Waals surface area contributed by atoms with Gasteiger partial charge in [-0.3, -0.25) is 4.68 Å². The summed E-state index contributed by atoms with van der Waals surface area (Å²) in [6.07, 6.45) is 6.16. The lowest BCUT2D eigenvalue weighted by Gasteiger charge is -2.31. The molecule has 0 aliphatic carbocycles. The summed E-state index contributed by atoms with van der Waals surface area (Å²) in [5, 5.41) is 17.6. The first-order chi connectivity index (χ1) is 9.67. The van der Waals surface area contributed by atoms with Gasteiger partial charge in [0.2, 0.25) is 0 Å². The van der Waals surface area contributed by atoms with Crippen LogP contribution in [0.15, 0.2) is 12.4 Å². The van der Waals surface area contributed by atoms with Gasteiger partial charge in [0.05, 0.1) is 12.3 Å². The van der Waals surface area contributed by atoms with Crippen molar-refractivity contribution in [2.75, 3.05) is 26.2 Å². The summed E-state index contributed by atoms with van der Waals surface area (Å²) in [6.45, 7) is 9.74. The first kappa shape index (κ1) is 15.5. The summed E-state index contributed by atoms with van der Waals surface area (Å²) in [7, 11) is 0. The molecule has 0 bridgehead atoms. The van der Waals surface area contributed by atoms with E-state index in [9.17, 15) is 5.11 Å². The van der Waals surface area contributed by atoms with Gasteiger partial charge in [-0.15, -0.1) is 0 Å². The van der Waals surface area contributed by atoms with Crippen LogP contribution in [0, 0.1) is 5.92 Å². The van der Waals surface area contributed by atoms with Crippen LogP contribution in [0.2, 0.25) is 0 Å². The fourth-order valence-electron chi connectivity index (χ4n) is 2.66. The third-order valence-electron chi connectivity index (χ3n) is 4.07. The van der Waals surface area contributed by atoms with Crippen LogP contribution in [0.4, 0.5) is 0 Å². The number of rotatable bonds is 7. The Kier molecular flexibility index (Phi) is 6.01. The standard InChI is InChI=1S/C15H28N4O/c1-3-19-11-14(9-17-19)8-16-10-15(20)12-18-6-4-13(2)5-7-18/h9,11,13,15-16,20H,3-8,10,12H2,1-2H3. The Balaban J connectivity index is 1.61. The van der Waals surface area contributed by atoms with Gasteiger partial charge in [-0.05, 0) is 38.8 Å². The zero-order valence-electron chi connectivity index (χ0n) is 12.8. The lowest BCUT2D eigenvalue weighted by Crippen LogP contribution is -2.41. The molecule has 20 heavy (non-hydrogen) atoms. The van der Waals surface area contributed by atoms with Crippen molar-refractivity contribution < 1.29 is 5.11 Å². The van der Waals surface area contributed by atoms with Gasteiger partial charge in [0, 0.05) is 37.9 Å². The van der Waals surface area contributed by atoms with E-state index in [-0.39, 0.29) is 6.10 Å². The lowest BCUT2D eigenvalue weighted by molar-refractivity contribution is 0.0907.